The molecule has 0 saturated carbocycles. The fourth-order valence-corrected chi connectivity index (χ4v) is 1.67. The second-order valence-electron chi connectivity index (χ2n) is 3.82. The number of rotatable bonds is 3. The maximum Gasteiger partial charge on any atom is 0.273 e. The Morgan fingerprint density at radius 2 is 2.28 bits per heavy atom. The molecule has 0 bridgehead atoms. The quantitative estimate of drug-likeness (QED) is 0.866. The Balaban J connectivity index is 2.16. The predicted octanol–water partition coefficient (Wildman–Crippen LogP) is 2.28. The maximum absolute atomic E-state index is 12.0. The summed E-state index contributed by atoms with van der Waals surface area (Å²) in [5.74, 6) is -0.214. The van der Waals surface area contributed by atoms with Crippen LogP contribution in [0.2, 0.25) is 5.15 Å². The van der Waals surface area contributed by atoms with Gasteiger partial charge in [-0.1, -0.05) is 18.5 Å². The minimum absolute atomic E-state index is 0.214. The molecule has 0 aromatic carbocycles. The summed E-state index contributed by atoms with van der Waals surface area (Å²) >= 11 is 5.67. The molecule has 2 rings (SSSR count). The fourth-order valence-electron chi connectivity index (χ4n) is 1.56. The van der Waals surface area contributed by atoms with Crippen molar-refractivity contribution in [1.82, 2.24) is 14.8 Å². The standard InChI is InChI=1S/C12H13ClN4O/c1-3-8-6-10(17(2)16-8)12(18)15-9-4-5-11(13)14-7-9/h4-7H,3H2,1-2H3,(H,15,18). The molecule has 0 aliphatic rings. The topological polar surface area (TPSA) is 59.8 Å². The lowest BCUT2D eigenvalue weighted by atomic mass is 10.3. The number of nitrogens with one attached hydrogen (secondary N) is 1. The van der Waals surface area contributed by atoms with E-state index in [9.17, 15) is 4.79 Å². The predicted molar refractivity (Wildman–Crippen MR) is 69.8 cm³/mol. The van der Waals surface area contributed by atoms with E-state index in [4.69, 9.17) is 11.6 Å². The minimum atomic E-state index is -0.214. The highest BCUT2D eigenvalue weighted by Crippen LogP contribution is 2.12. The highest BCUT2D eigenvalue weighted by atomic mass is 35.5. The van der Waals surface area contributed by atoms with Gasteiger partial charge in [-0.3, -0.25) is 9.48 Å². The molecule has 2 aromatic heterocycles. The lowest BCUT2D eigenvalue weighted by molar-refractivity contribution is 0.101. The van der Waals surface area contributed by atoms with Crippen LogP contribution in [0, 0.1) is 0 Å². The normalized spacial score (nSPS) is 10.4. The second kappa shape index (κ2) is 5.18. The number of hydrogen-bond acceptors (Lipinski definition) is 3. The van der Waals surface area contributed by atoms with Crippen LogP contribution in [0.3, 0.4) is 0 Å². The molecule has 0 unspecified atom stereocenters. The Bertz CT molecular complexity index is 562. The first kappa shape index (κ1) is 12.6. The van der Waals surface area contributed by atoms with Crippen LogP contribution in [0.4, 0.5) is 5.69 Å². The molecule has 0 spiro atoms. The first-order valence-electron chi connectivity index (χ1n) is 5.56. The van der Waals surface area contributed by atoms with Crippen LogP contribution in [0.1, 0.15) is 23.1 Å². The van der Waals surface area contributed by atoms with Crippen LogP contribution >= 0.6 is 11.6 Å². The number of carbonyl (C=O) groups excluding carboxylic acids is 1. The first-order chi connectivity index (χ1) is 8.60. The van der Waals surface area contributed by atoms with Crippen LogP contribution in [0.25, 0.3) is 0 Å². The van der Waals surface area contributed by atoms with E-state index in [0.717, 1.165) is 12.1 Å². The molecule has 0 fully saturated rings. The number of pyridine rings is 1. The average Bonchev–Trinajstić information content (AvgIpc) is 2.73. The summed E-state index contributed by atoms with van der Waals surface area (Å²) in [6.07, 6.45) is 2.31. The number of nitrogens with zero attached hydrogens (tertiary/aromatic N) is 3. The molecule has 0 atom stereocenters. The van der Waals surface area contributed by atoms with Gasteiger partial charge in [-0.2, -0.15) is 5.10 Å². The number of halogens is 1. The molecular formula is C12H13ClN4O. The average molecular weight is 265 g/mol. The molecule has 0 aliphatic carbocycles. The van der Waals surface area contributed by atoms with Gasteiger partial charge in [0.25, 0.3) is 5.91 Å². The molecule has 0 radical (unpaired) electrons. The van der Waals surface area contributed by atoms with Crippen molar-refractivity contribution in [3.8, 4) is 0 Å². The molecule has 5 nitrogen and oxygen atoms in total. The monoisotopic (exact) mass is 264 g/mol. The Hall–Kier alpha value is -1.88. The summed E-state index contributed by atoms with van der Waals surface area (Å²) in [4.78, 5) is 15.9. The van der Waals surface area contributed by atoms with Crippen LogP contribution in [0.5, 0.6) is 0 Å². The van der Waals surface area contributed by atoms with Crippen LogP contribution in [-0.2, 0) is 13.5 Å². The number of aryl methyl sites for hydroxylation is 2. The summed E-state index contributed by atoms with van der Waals surface area (Å²) in [5.41, 5.74) is 2.00. The highest BCUT2D eigenvalue weighted by molar-refractivity contribution is 6.29. The van der Waals surface area contributed by atoms with Gasteiger partial charge in [0, 0.05) is 7.05 Å². The smallest absolute Gasteiger partial charge is 0.273 e. The van der Waals surface area contributed by atoms with Gasteiger partial charge >= 0.3 is 0 Å². The molecule has 0 aliphatic heterocycles. The van der Waals surface area contributed by atoms with Crippen molar-refractivity contribution in [3.63, 3.8) is 0 Å². The molecular weight excluding hydrogens is 252 g/mol. The van der Waals surface area contributed by atoms with Gasteiger partial charge in [-0.15, -0.1) is 0 Å². The third-order valence-electron chi connectivity index (χ3n) is 2.51. The van der Waals surface area contributed by atoms with E-state index in [1.165, 1.54) is 6.20 Å². The lowest BCUT2D eigenvalue weighted by Gasteiger charge is -2.04. The largest absolute Gasteiger partial charge is 0.319 e. The van der Waals surface area contributed by atoms with Gasteiger partial charge in [0.2, 0.25) is 0 Å². The Morgan fingerprint density at radius 1 is 1.50 bits per heavy atom. The second-order valence-corrected chi connectivity index (χ2v) is 4.21. The molecule has 6 heteroatoms. The zero-order valence-electron chi connectivity index (χ0n) is 10.1. The van der Waals surface area contributed by atoms with Crippen molar-refractivity contribution in [2.75, 3.05) is 5.32 Å². The van der Waals surface area contributed by atoms with Crippen molar-refractivity contribution >= 4 is 23.2 Å². The van der Waals surface area contributed by atoms with Crippen molar-refractivity contribution in [1.29, 1.82) is 0 Å². The van der Waals surface area contributed by atoms with E-state index in [2.05, 4.69) is 15.4 Å². The Kier molecular flexibility index (Phi) is 3.62. The number of carbonyl (C=O) groups is 1. The van der Waals surface area contributed by atoms with E-state index in [-0.39, 0.29) is 5.91 Å². The number of amides is 1. The third-order valence-corrected chi connectivity index (χ3v) is 2.73. The van der Waals surface area contributed by atoms with Gasteiger partial charge in [0.1, 0.15) is 10.8 Å². The van der Waals surface area contributed by atoms with Crippen LogP contribution in [0.15, 0.2) is 24.4 Å². The van der Waals surface area contributed by atoms with E-state index in [0.29, 0.717) is 16.5 Å². The summed E-state index contributed by atoms with van der Waals surface area (Å²) < 4.78 is 1.57. The van der Waals surface area contributed by atoms with Crippen molar-refractivity contribution in [2.24, 2.45) is 7.05 Å². The summed E-state index contributed by atoms with van der Waals surface area (Å²) in [7, 11) is 1.74. The maximum atomic E-state index is 12.0. The molecule has 0 saturated heterocycles. The van der Waals surface area contributed by atoms with Gasteiger partial charge in [-0.25, -0.2) is 4.98 Å². The Labute approximate surface area is 110 Å². The number of aromatic nitrogens is 3. The third kappa shape index (κ3) is 2.68. The van der Waals surface area contributed by atoms with E-state index in [1.54, 1.807) is 29.9 Å². The zero-order valence-corrected chi connectivity index (χ0v) is 10.9. The van der Waals surface area contributed by atoms with E-state index >= 15 is 0 Å². The summed E-state index contributed by atoms with van der Waals surface area (Å²) in [5, 5.41) is 7.36. The highest BCUT2D eigenvalue weighted by Gasteiger charge is 2.12. The van der Waals surface area contributed by atoms with Crippen LogP contribution < -0.4 is 5.32 Å². The molecule has 1 N–H and O–H groups in total. The van der Waals surface area contributed by atoms with E-state index in [1.807, 2.05) is 6.92 Å². The first-order valence-corrected chi connectivity index (χ1v) is 5.93. The molecule has 2 aromatic rings. The van der Waals surface area contributed by atoms with Crippen LogP contribution in [-0.4, -0.2) is 20.7 Å². The van der Waals surface area contributed by atoms with Crippen molar-refractivity contribution in [3.05, 3.63) is 40.9 Å². The SMILES string of the molecule is CCc1cc(C(=O)Nc2ccc(Cl)nc2)n(C)n1. The number of hydrogen-bond donors (Lipinski definition) is 1. The van der Waals surface area contributed by atoms with Gasteiger partial charge in [0.15, 0.2) is 0 Å². The molecule has 2 heterocycles. The molecule has 18 heavy (non-hydrogen) atoms. The van der Waals surface area contributed by atoms with Crippen molar-refractivity contribution < 1.29 is 4.79 Å². The summed E-state index contributed by atoms with van der Waals surface area (Å²) in [6, 6.07) is 5.10. The zero-order chi connectivity index (χ0) is 13.1. The Morgan fingerprint density at radius 3 is 2.83 bits per heavy atom. The minimum Gasteiger partial charge on any atom is -0.319 e. The van der Waals surface area contributed by atoms with Crippen molar-refractivity contribution in [2.45, 2.75) is 13.3 Å². The lowest BCUT2D eigenvalue weighted by Crippen LogP contribution is -2.16. The van der Waals surface area contributed by atoms with Gasteiger partial charge in [0.05, 0.1) is 17.6 Å². The molecule has 94 valence electrons. The summed E-state index contributed by atoms with van der Waals surface area (Å²) in [6.45, 7) is 1.99. The number of anilines is 1. The fraction of sp³-hybridized carbons (Fsp3) is 0.250. The van der Waals surface area contributed by atoms with E-state index < -0.39 is 0 Å². The van der Waals surface area contributed by atoms with Gasteiger partial charge in [-0.05, 0) is 24.6 Å². The molecule has 1 amide bonds. The van der Waals surface area contributed by atoms with Gasteiger partial charge < -0.3 is 5.32 Å².